The van der Waals surface area contributed by atoms with Gasteiger partial charge in [0.1, 0.15) is 4.88 Å². The van der Waals surface area contributed by atoms with Crippen molar-refractivity contribution in [2.24, 2.45) is 0 Å². The predicted molar refractivity (Wildman–Crippen MR) is 102 cm³/mol. The number of carbonyl (C=O) groups is 2. The minimum atomic E-state index is -0.159. The van der Waals surface area contributed by atoms with Gasteiger partial charge < -0.3 is 14.2 Å². The van der Waals surface area contributed by atoms with E-state index in [4.69, 9.17) is 27.6 Å². The molecule has 26 heavy (non-hydrogen) atoms. The molecule has 1 fully saturated rings. The lowest BCUT2D eigenvalue weighted by Crippen LogP contribution is -2.50. The molecule has 0 aliphatic carbocycles. The number of rotatable bonds is 2. The molecule has 2 aromatic heterocycles. The second-order valence-corrected chi connectivity index (χ2v) is 7.76. The van der Waals surface area contributed by atoms with Crippen LogP contribution in [-0.2, 0) is 0 Å². The minimum absolute atomic E-state index is 0.127. The number of furan rings is 1. The molecule has 0 bridgehead atoms. The molecule has 4 rings (SSSR count). The quantitative estimate of drug-likeness (QED) is 0.631. The van der Waals surface area contributed by atoms with Gasteiger partial charge in [0.25, 0.3) is 11.8 Å². The zero-order chi connectivity index (χ0) is 18.3. The molecule has 3 heterocycles. The van der Waals surface area contributed by atoms with Crippen LogP contribution in [0, 0.1) is 0 Å². The van der Waals surface area contributed by atoms with E-state index < -0.39 is 0 Å². The number of benzene rings is 1. The standard InChI is InChI=1S/C18H14Cl2N2O3S/c19-11-3-1-5-13-14(11)15(20)16(26-13)18(24)22-8-6-21(7-9-22)17(23)12-4-2-10-25-12/h1-5,10H,6-9H2. The zero-order valence-electron chi connectivity index (χ0n) is 13.6. The smallest absolute Gasteiger partial charge is 0.289 e. The van der Waals surface area contributed by atoms with Crippen molar-refractivity contribution >= 4 is 56.4 Å². The molecule has 8 heteroatoms. The lowest BCUT2D eigenvalue weighted by Gasteiger charge is -2.34. The zero-order valence-corrected chi connectivity index (χ0v) is 15.9. The topological polar surface area (TPSA) is 53.8 Å². The Hall–Kier alpha value is -2.02. The Labute approximate surface area is 163 Å². The van der Waals surface area contributed by atoms with Crippen molar-refractivity contribution in [3.8, 4) is 0 Å². The normalized spacial score (nSPS) is 14.8. The van der Waals surface area contributed by atoms with Crippen molar-refractivity contribution in [3.05, 3.63) is 57.3 Å². The van der Waals surface area contributed by atoms with Crippen molar-refractivity contribution in [2.75, 3.05) is 26.2 Å². The monoisotopic (exact) mass is 408 g/mol. The van der Waals surface area contributed by atoms with Gasteiger partial charge in [-0.05, 0) is 24.3 Å². The van der Waals surface area contributed by atoms with Crippen molar-refractivity contribution in [1.82, 2.24) is 9.80 Å². The first kappa shape index (κ1) is 17.4. The summed E-state index contributed by atoms with van der Waals surface area (Å²) in [5, 5.41) is 1.65. The lowest BCUT2D eigenvalue weighted by molar-refractivity contribution is 0.0520. The maximum absolute atomic E-state index is 12.9. The lowest BCUT2D eigenvalue weighted by atomic mass is 10.2. The van der Waals surface area contributed by atoms with Crippen LogP contribution in [0.25, 0.3) is 10.1 Å². The average molecular weight is 409 g/mol. The van der Waals surface area contributed by atoms with E-state index in [9.17, 15) is 9.59 Å². The second kappa shape index (κ2) is 6.95. The molecule has 0 radical (unpaired) electrons. The second-order valence-electron chi connectivity index (χ2n) is 5.92. The minimum Gasteiger partial charge on any atom is -0.459 e. The Morgan fingerprint density at radius 2 is 1.65 bits per heavy atom. The summed E-state index contributed by atoms with van der Waals surface area (Å²) in [4.78, 5) is 29.1. The summed E-state index contributed by atoms with van der Waals surface area (Å²) in [6.45, 7) is 1.80. The summed E-state index contributed by atoms with van der Waals surface area (Å²) in [5.41, 5.74) is 0. The SMILES string of the molecule is O=C(c1ccco1)N1CCN(C(=O)c2sc3cccc(Cl)c3c2Cl)CC1. The summed E-state index contributed by atoms with van der Waals surface area (Å²) in [6.07, 6.45) is 1.47. The van der Waals surface area contributed by atoms with Gasteiger partial charge in [-0.15, -0.1) is 11.3 Å². The fourth-order valence-corrected chi connectivity index (χ4v) is 4.94. The van der Waals surface area contributed by atoms with Crippen LogP contribution in [-0.4, -0.2) is 47.8 Å². The molecule has 1 aliphatic rings. The van der Waals surface area contributed by atoms with E-state index in [1.807, 2.05) is 12.1 Å². The average Bonchev–Trinajstić information content (AvgIpc) is 3.30. The van der Waals surface area contributed by atoms with Crippen LogP contribution in [0.1, 0.15) is 20.2 Å². The van der Waals surface area contributed by atoms with Crippen molar-refractivity contribution < 1.29 is 14.0 Å². The Kier molecular flexibility index (Phi) is 4.65. The first-order valence-corrected chi connectivity index (χ1v) is 9.62. The van der Waals surface area contributed by atoms with Gasteiger partial charge in [0, 0.05) is 36.3 Å². The number of halogens is 2. The fourth-order valence-electron chi connectivity index (χ4n) is 3.02. The van der Waals surface area contributed by atoms with Crippen LogP contribution in [0.4, 0.5) is 0 Å². The third-order valence-corrected chi connectivity index (χ3v) is 6.33. The molecule has 0 atom stereocenters. The fraction of sp³-hybridized carbons (Fsp3) is 0.222. The number of carbonyl (C=O) groups excluding carboxylic acids is 2. The van der Waals surface area contributed by atoms with Crippen LogP contribution >= 0.6 is 34.5 Å². The van der Waals surface area contributed by atoms with Gasteiger partial charge in [-0.25, -0.2) is 0 Å². The largest absolute Gasteiger partial charge is 0.459 e. The van der Waals surface area contributed by atoms with Gasteiger partial charge in [0.2, 0.25) is 0 Å². The predicted octanol–water partition coefficient (Wildman–Crippen LogP) is 4.40. The number of thiophene rings is 1. The molecule has 0 unspecified atom stereocenters. The highest BCUT2D eigenvalue weighted by Crippen LogP contribution is 2.40. The Bertz CT molecular complexity index is 976. The summed E-state index contributed by atoms with van der Waals surface area (Å²) in [7, 11) is 0. The Morgan fingerprint density at radius 3 is 2.27 bits per heavy atom. The molecule has 1 saturated heterocycles. The molecular formula is C18H14Cl2N2O3S. The highest BCUT2D eigenvalue weighted by molar-refractivity contribution is 7.21. The molecule has 0 spiro atoms. The number of piperazine rings is 1. The van der Waals surface area contributed by atoms with Gasteiger partial charge in [-0.1, -0.05) is 29.3 Å². The highest BCUT2D eigenvalue weighted by atomic mass is 35.5. The maximum Gasteiger partial charge on any atom is 0.289 e. The van der Waals surface area contributed by atoms with Gasteiger partial charge in [-0.2, -0.15) is 0 Å². The third-order valence-electron chi connectivity index (χ3n) is 4.39. The molecule has 0 saturated carbocycles. The van der Waals surface area contributed by atoms with E-state index in [-0.39, 0.29) is 11.8 Å². The molecule has 3 aromatic rings. The van der Waals surface area contributed by atoms with E-state index in [2.05, 4.69) is 0 Å². The summed E-state index contributed by atoms with van der Waals surface area (Å²) >= 11 is 14.0. The van der Waals surface area contributed by atoms with E-state index in [1.165, 1.54) is 17.6 Å². The highest BCUT2D eigenvalue weighted by Gasteiger charge is 2.29. The van der Waals surface area contributed by atoms with Crippen LogP contribution < -0.4 is 0 Å². The third kappa shape index (κ3) is 2.98. The molecule has 1 aromatic carbocycles. The van der Waals surface area contributed by atoms with Gasteiger partial charge >= 0.3 is 0 Å². The van der Waals surface area contributed by atoms with Gasteiger partial charge in [0.05, 0.1) is 16.3 Å². The van der Waals surface area contributed by atoms with Crippen molar-refractivity contribution in [1.29, 1.82) is 0 Å². The number of hydrogen-bond acceptors (Lipinski definition) is 4. The van der Waals surface area contributed by atoms with Gasteiger partial charge in [-0.3, -0.25) is 9.59 Å². The van der Waals surface area contributed by atoms with E-state index in [0.717, 1.165) is 10.1 Å². The van der Waals surface area contributed by atoms with Crippen LogP contribution in [0.2, 0.25) is 10.0 Å². The van der Waals surface area contributed by atoms with E-state index in [0.29, 0.717) is 46.9 Å². The van der Waals surface area contributed by atoms with Gasteiger partial charge in [0.15, 0.2) is 5.76 Å². The first-order chi connectivity index (χ1) is 12.6. The molecule has 1 aliphatic heterocycles. The van der Waals surface area contributed by atoms with Crippen LogP contribution in [0.5, 0.6) is 0 Å². The molecule has 134 valence electrons. The molecule has 2 amide bonds. The summed E-state index contributed by atoms with van der Waals surface area (Å²) in [6, 6.07) is 8.82. The number of amides is 2. The molecular weight excluding hydrogens is 395 g/mol. The Morgan fingerprint density at radius 1 is 0.962 bits per heavy atom. The first-order valence-electron chi connectivity index (χ1n) is 8.05. The van der Waals surface area contributed by atoms with Crippen LogP contribution in [0.15, 0.2) is 41.0 Å². The number of nitrogens with zero attached hydrogens (tertiary/aromatic N) is 2. The number of fused-ring (bicyclic) bond motifs is 1. The van der Waals surface area contributed by atoms with Crippen LogP contribution in [0.3, 0.4) is 0 Å². The van der Waals surface area contributed by atoms with E-state index >= 15 is 0 Å². The Balaban J connectivity index is 1.50. The number of hydrogen-bond donors (Lipinski definition) is 0. The summed E-state index contributed by atoms with van der Waals surface area (Å²) in [5.74, 6) is 0.0260. The van der Waals surface area contributed by atoms with E-state index in [1.54, 1.807) is 28.0 Å². The van der Waals surface area contributed by atoms with Crippen molar-refractivity contribution in [3.63, 3.8) is 0 Å². The summed E-state index contributed by atoms with van der Waals surface area (Å²) < 4.78 is 6.04. The van der Waals surface area contributed by atoms with Crippen molar-refractivity contribution in [2.45, 2.75) is 0 Å². The molecule has 5 nitrogen and oxygen atoms in total. The molecule has 0 N–H and O–H groups in total. The maximum atomic E-state index is 12.9.